The van der Waals surface area contributed by atoms with Gasteiger partial charge < -0.3 is 5.73 Å². The average Bonchev–Trinajstić information content (AvgIpc) is 2.09. The molecule has 1 rings (SSSR count). The first-order valence-electron chi connectivity index (χ1n) is 3.82. The van der Waals surface area contributed by atoms with Gasteiger partial charge in [-0.25, -0.2) is 13.2 Å². The largest absolute Gasteiger partial charge is 0.327 e. The van der Waals surface area contributed by atoms with E-state index in [-0.39, 0.29) is 12.1 Å². The van der Waals surface area contributed by atoms with Gasteiger partial charge in [0.1, 0.15) is 5.67 Å². The molecule has 0 aliphatic carbocycles. The van der Waals surface area contributed by atoms with Crippen LogP contribution in [0.15, 0.2) is 18.2 Å². The van der Waals surface area contributed by atoms with Gasteiger partial charge in [-0.3, -0.25) is 0 Å². The van der Waals surface area contributed by atoms with Crippen LogP contribution in [0.3, 0.4) is 0 Å². The molecule has 0 fully saturated rings. The molecule has 0 spiro atoms. The van der Waals surface area contributed by atoms with Crippen molar-refractivity contribution in [2.75, 3.05) is 6.54 Å². The summed E-state index contributed by atoms with van der Waals surface area (Å²) in [6.07, 6.45) is 0. The number of halogens is 3. The molecule has 0 heterocycles. The van der Waals surface area contributed by atoms with Crippen LogP contribution in [0.25, 0.3) is 0 Å². The van der Waals surface area contributed by atoms with Gasteiger partial charge in [-0.1, -0.05) is 6.07 Å². The van der Waals surface area contributed by atoms with Crippen LogP contribution < -0.4 is 5.73 Å². The van der Waals surface area contributed by atoms with Crippen LogP contribution in [0.2, 0.25) is 0 Å². The molecular weight excluding hydrogens is 179 g/mol. The highest BCUT2D eigenvalue weighted by molar-refractivity contribution is 5.23. The number of hydrogen-bond acceptors (Lipinski definition) is 1. The summed E-state index contributed by atoms with van der Waals surface area (Å²) in [5.41, 5.74) is 3.37. The van der Waals surface area contributed by atoms with Crippen molar-refractivity contribution in [3.05, 3.63) is 35.4 Å². The molecule has 72 valence electrons. The molecule has 0 aliphatic heterocycles. The maximum absolute atomic E-state index is 13.4. The molecule has 1 nitrogen and oxygen atoms in total. The van der Waals surface area contributed by atoms with Gasteiger partial charge >= 0.3 is 0 Å². The molecule has 0 aromatic heterocycles. The summed E-state index contributed by atoms with van der Waals surface area (Å²) < 4.78 is 38.6. The summed E-state index contributed by atoms with van der Waals surface area (Å²) in [5.74, 6) is -2.05. The van der Waals surface area contributed by atoms with Crippen molar-refractivity contribution in [2.45, 2.75) is 12.6 Å². The van der Waals surface area contributed by atoms with Gasteiger partial charge in [0.05, 0.1) is 0 Å². The Morgan fingerprint density at radius 2 is 1.92 bits per heavy atom. The lowest BCUT2D eigenvalue weighted by atomic mass is 9.98. The van der Waals surface area contributed by atoms with E-state index in [2.05, 4.69) is 0 Å². The Morgan fingerprint density at radius 1 is 1.31 bits per heavy atom. The highest BCUT2D eigenvalue weighted by Crippen LogP contribution is 2.25. The average molecular weight is 189 g/mol. The maximum Gasteiger partial charge on any atom is 0.159 e. The lowest BCUT2D eigenvalue weighted by Crippen LogP contribution is -2.26. The monoisotopic (exact) mass is 189 g/mol. The van der Waals surface area contributed by atoms with E-state index >= 15 is 0 Å². The minimum absolute atomic E-state index is 0.0499. The Morgan fingerprint density at radius 3 is 2.38 bits per heavy atom. The first kappa shape index (κ1) is 10.1. The molecule has 1 atom stereocenters. The topological polar surface area (TPSA) is 26.0 Å². The number of benzene rings is 1. The Labute approximate surface area is 74.4 Å². The van der Waals surface area contributed by atoms with Crippen LogP contribution in [0, 0.1) is 11.6 Å². The number of nitrogens with two attached hydrogens (primary N) is 1. The Balaban J connectivity index is 3.10. The minimum Gasteiger partial charge on any atom is -0.327 e. The lowest BCUT2D eigenvalue weighted by molar-refractivity contribution is 0.202. The molecule has 4 heteroatoms. The molecule has 0 amide bonds. The normalized spacial score (nSPS) is 15.5. The van der Waals surface area contributed by atoms with Crippen molar-refractivity contribution in [2.24, 2.45) is 5.73 Å². The van der Waals surface area contributed by atoms with Crippen LogP contribution in [0.5, 0.6) is 0 Å². The summed E-state index contributed by atoms with van der Waals surface area (Å²) in [6, 6.07) is 2.89. The van der Waals surface area contributed by atoms with E-state index in [0.29, 0.717) is 0 Å². The molecular formula is C9H10F3N. The molecule has 0 saturated heterocycles. The summed E-state index contributed by atoms with van der Waals surface area (Å²) in [5, 5.41) is 0. The SMILES string of the molecule is CC(F)(CN)c1ccc(F)c(F)c1. The van der Waals surface area contributed by atoms with Gasteiger partial charge in [-0.2, -0.15) is 0 Å². The van der Waals surface area contributed by atoms with Crippen molar-refractivity contribution in [3.63, 3.8) is 0 Å². The van der Waals surface area contributed by atoms with Gasteiger partial charge in [-0.05, 0) is 24.6 Å². The molecule has 0 saturated carbocycles. The van der Waals surface area contributed by atoms with Crippen LogP contribution in [0.1, 0.15) is 12.5 Å². The Kier molecular flexibility index (Phi) is 2.61. The molecule has 0 radical (unpaired) electrons. The van der Waals surface area contributed by atoms with Crippen LogP contribution in [-0.2, 0) is 5.67 Å². The fraction of sp³-hybridized carbons (Fsp3) is 0.333. The first-order valence-corrected chi connectivity index (χ1v) is 3.82. The Hall–Kier alpha value is -1.03. The van der Waals surface area contributed by atoms with Gasteiger partial charge in [-0.15, -0.1) is 0 Å². The summed E-state index contributed by atoms with van der Waals surface area (Å²) in [6.45, 7) is 0.956. The number of rotatable bonds is 2. The molecule has 1 unspecified atom stereocenters. The van der Waals surface area contributed by atoms with Gasteiger partial charge in [0.2, 0.25) is 0 Å². The quantitative estimate of drug-likeness (QED) is 0.757. The zero-order valence-electron chi connectivity index (χ0n) is 7.15. The van der Waals surface area contributed by atoms with Crippen molar-refractivity contribution >= 4 is 0 Å². The Bertz CT molecular complexity index is 310. The van der Waals surface area contributed by atoms with E-state index in [4.69, 9.17) is 5.73 Å². The second kappa shape index (κ2) is 3.38. The van der Waals surface area contributed by atoms with Crippen molar-refractivity contribution < 1.29 is 13.2 Å². The smallest absolute Gasteiger partial charge is 0.159 e. The van der Waals surface area contributed by atoms with Crippen molar-refractivity contribution in [3.8, 4) is 0 Å². The molecule has 0 bridgehead atoms. The molecule has 13 heavy (non-hydrogen) atoms. The van der Waals surface area contributed by atoms with E-state index in [1.807, 2.05) is 0 Å². The van der Waals surface area contributed by atoms with Gasteiger partial charge in [0.25, 0.3) is 0 Å². The summed E-state index contributed by atoms with van der Waals surface area (Å²) >= 11 is 0. The third-order valence-electron chi connectivity index (χ3n) is 1.90. The molecule has 0 aliphatic rings. The molecule has 1 aromatic rings. The standard InChI is InChI=1S/C9H10F3N/c1-9(12,5-13)6-2-3-7(10)8(11)4-6/h2-4H,5,13H2,1H3. The maximum atomic E-state index is 13.4. The predicted molar refractivity (Wildman–Crippen MR) is 43.9 cm³/mol. The van der Waals surface area contributed by atoms with Crippen LogP contribution in [0.4, 0.5) is 13.2 Å². The second-order valence-corrected chi connectivity index (χ2v) is 3.03. The zero-order chi connectivity index (χ0) is 10.1. The second-order valence-electron chi connectivity index (χ2n) is 3.03. The van der Waals surface area contributed by atoms with E-state index in [0.717, 1.165) is 12.1 Å². The van der Waals surface area contributed by atoms with Crippen LogP contribution >= 0.6 is 0 Å². The third kappa shape index (κ3) is 2.01. The van der Waals surface area contributed by atoms with Gasteiger partial charge in [0, 0.05) is 6.54 Å². The molecule has 2 N–H and O–H groups in total. The zero-order valence-corrected chi connectivity index (χ0v) is 7.15. The van der Waals surface area contributed by atoms with Crippen molar-refractivity contribution in [1.82, 2.24) is 0 Å². The fourth-order valence-corrected chi connectivity index (χ4v) is 0.938. The van der Waals surface area contributed by atoms with E-state index in [1.165, 1.54) is 13.0 Å². The van der Waals surface area contributed by atoms with Crippen LogP contribution in [-0.4, -0.2) is 6.54 Å². The number of hydrogen-bond donors (Lipinski definition) is 1. The first-order chi connectivity index (χ1) is 5.97. The fourth-order valence-electron chi connectivity index (χ4n) is 0.938. The number of alkyl halides is 1. The van der Waals surface area contributed by atoms with E-state index in [9.17, 15) is 13.2 Å². The summed E-state index contributed by atoms with van der Waals surface area (Å²) in [4.78, 5) is 0. The summed E-state index contributed by atoms with van der Waals surface area (Å²) in [7, 11) is 0. The van der Waals surface area contributed by atoms with E-state index < -0.39 is 17.3 Å². The highest BCUT2D eigenvalue weighted by atomic mass is 19.2. The highest BCUT2D eigenvalue weighted by Gasteiger charge is 2.24. The van der Waals surface area contributed by atoms with Gasteiger partial charge in [0.15, 0.2) is 11.6 Å². The van der Waals surface area contributed by atoms with Crippen molar-refractivity contribution in [1.29, 1.82) is 0 Å². The molecule has 1 aromatic carbocycles. The van der Waals surface area contributed by atoms with E-state index in [1.54, 1.807) is 0 Å². The third-order valence-corrected chi connectivity index (χ3v) is 1.90. The lowest BCUT2D eigenvalue weighted by Gasteiger charge is -2.18. The minimum atomic E-state index is -1.81. The predicted octanol–water partition coefficient (Wildman–Crippen LogP) is 2.11.